The van der Waals surface area contributed by atoms with E-state index in [2.05, 4.69) is 22.4 Å². The fourth-order valence-electron chi connectivity index (χ4n) is 2.81. The maximum absolute atomic E-state index is 11.9. The molecule has 1 atom stereocenters. The van der Waals surface area contributed by atoms with Crippen molar-refractivity contribution in [2.24, 2.45) is 0 Å². The molecule has 2 aromatic heterocycles. The Bertz CT molecular complexity index is 639. The molecule has 21 heavy (non-hydrogen) atoms. The molecule has 7 nitrogen and oxygen atoms in total. The maximum Gasteiger partial charge on any atom is 0.249 e. The molecule has 0 unspecified atom stereocenters. The van der Waals surface area contributed by atoms with Gasteiger partial charge in [0.15, 0.2) is 0 Å². The molecule has 0 bridgehead atoms. The number of carbonyl (C=O) groups excluding carboxylic acids is 1. The van der Waals surface area contributed by atoms with Gasteiger partial charge >= 0.3 is 0 Å². The van der Waals surface area contributed by atoms with E-state index in [1.807, 2.05) is 22.5 Å². The number of hydrogen-bond donors (Lipinski definition) is 1. The van der Waals surface area contributed by atoms with Gasteiger partial charge in [0, 0.05) is 19.7 Å². The third kappa shape index (κ3) is 2.65. The summed E-state index contributed by atoms with van der Waals surface area (Å²) in [5.74, 6) is -0.0168. The van der Waals surface area contributed by atoms with Gasteiger partial charge in [0.25, 0.3) is 0 Å². The average Bonchev–Trinajstić information content (AvgIpc) is 3.18. The van der Waals surface area contributed by atoms with Crippen molar-refractivity contribution in [1.82, 2.24) is 24.9 Å². The van der Waals surface area contributed by atoms with Crippen LogP contribution in [0.4, 0.5) is 0 Å². The van der Waals surface area contributed by atoms with Crippen LogP contribution in [0.5, 0.6) is 0 Å². The normalized spacial score (nSPS) is 18.5. The molecule has 1 aliphatic rings. The molecular weight excluding hydrogens is 270 g/mol. The summed E-state index contributed by atoms with van der Waals surface area (Å²) in [4.78, 5) is 11.9. The monoisotopic (exact) mass is 291 g/mol. The molecule has 1 aliphatic heterocycles. The summed E-state index contributed by atoms with van der Waals surface area (Å²) >= 11 is 0. The van der Waals surface area contributed by atoms with Crippen molar-refractivity contribution in [3.63, 3.8) is 0 Å². The standard InChI is InChI=1S/C14H21N5O2/c1-3-18-11-9-16-19(13(11)10(2)17-18)7-6-15-14(20)12-5-4-8-21-12/h9,12H,3-8H2,1-2H3,(H,15,20)/t12-/m0/s1. The number of aromatic nitrogens is 4. The van der Waals surface area contributed by atoms with Gasteiger partial charge in [0.1, 0.15) is 17.1 Å². The van der Waals surface area contributed by atoms with E-state index in [4.69, 9.17) is 4.74 Å². The lowest BCUT2D eigenvalue weighted by Crippen LogP contribution is -2.36. The molecule has 1 N–H and O–H groups in total. The van der Waals surface area contributed by atoms with Crippen LogP contribution < -0.4 is 5.32 Å². The Balaban J connectivity index is 1.63. The van der Waals surface area contributed by atoms with Crippen LogP contribution in [-0.2, 0) is 22.6 Å². The van der Waals surface area contributed by atoms with Crippen molar-refractivity contribution in [2.45, 2.75) is 45.9 Å². The van der Waals surface area contributed by atoms with Gasteiger partial charge in [0.2, 0.25) is 5.91 Å². The number of hydrogen-bond acceptors (Lipinski definition) is 4. The Morgan fingerprint density at radius 2 is 2.38 bits per heavy atom. The number of nitrogens with zero attached hydrogens (tertiary/aromatic N) is 4. The molecule has 0 aromatic carbocycles. The Labute approximate surface area is 123 Å². The van der Waals surface area contributed by atoms with Crippen LogP contribution in [-0.4, -0.2) is 44.7 Å². The van der Waals surface area contributed by atoms with Gasteiger partial charge in [-0.05, 0) is 26.7 Å². The van der Waals surface area contributed by atoms with Crippen molar-refractivity contribution in [2.75, 3.05) is 13.2 Å². The minimum atomic E-state index is -0.271. The summed E-state index contributed by atoms with van der Waals surface area (Å²) in [7, 11) is 0. The number of amides is 1. The molecule has 3 rings (SSSR count). The number of rotatable bonds is 5. The minimum absolute atomic E-state index is 0.0168. The highest BCUT2D eigenvalue weighted by atomic mass is 16.5. The molecule has 0 saturated carbocycles. The quantitative estimate of drug-likeness (QED) is 0.886. The first-order valence-corrected chi connectivity index (χ1v) is 7.49. The van der Waals surface area contributed by atoms with E-state index in [1.54, 1.807) is 0 Å². The van der Waals surface area contributed by atoms with Gasteiger partial charge in [-0.1, -0.05) is 0 Å². The Hall–Kier alpha value is -1.89. The van der Waals surface area contributed by atoms with E-state index in [-0.39, 0.29) is 12.0 Å². The van der Waals surface area contributed by atoms with Crippen molar-refractivity contribution in [3.05, 3.63) is 11.9 Å². The summed E-state index contributed by atoms with van der Waals surface area (Å²) < 4.78 is 9.21. The van der Waals surface area contributed by atoms with Gasteiger partial charge < -0.3 is 10.1 Å². The number of aryl methyl sites for hydroxylation is 2. The molecule has 1 saturated heterocycles. The summed E-state index contributed by atoms with van der Waals surface area (Å²) in [6, 6.07) is 0. The van der Waals surface area contributed by atoms with Gasteiger partial charge in [0.05, 0.1) is 18.4 Å². The van der Waals surface area contributed by atoms with E-state index in [0.29, 0.717) is 19.7 Å². The number of nitrogens with one attached hydrogen (secondary N) is 1. The second-order valence-corrected chi connectivity index (χ2v) is 5.30. The van der Waals surface area contributed by atoms with Crippen LogP contribution in [0.1, 0.15) is 25.5 Å². The number of carbonyl (C=O) groups is 1. The Morgan fingerprint density at radius 3 is 3.10 bits per heavy atom. The van der Waals surface area contributed by atoms with E-state index < -0.39 is 0 Å². The summed E-state index contributed by atoms with van der Waals surface area (Å²) in [5, 5.41) is 11.8. The molecule has 0 spiro atoms. The topological polar surface area (TPSA) is 74.0 Å². The molecule has 114 valence electrons. The molecule has 7 heteroatoms. The van der Waals surface area contributed by atoms with Crippen LogP contribution in [0, 0.1) is 6.92 Å². The van der Waals surface area contributed by atoms with Gasteiger partial charge in [-0.2, -0.15) is 10.2 Å². The zero-order valence-electron chi connectivity index (χ0n) is 12.5. The molecule has 0 aliphatic carbocycles. The van der Waals surface area contributed by atoms with Crippen LogP contribution in [0.25, 0.3) is 11.0 Å². The molecule has 3 heterocycles. The first kappa shape index (κ1) is 14.1. The van der Waals surface area contributed by atoms with E-state index in [0.717, 1.165) is 36.1 Å². The Kier molecular flexibility index (Phi) is 3.92. The summed E-state index contributed by atoms with van der Waals surface area (Å²) in [5.41, 5.74) is 3.05. The molecule has 1 amide bonds. The first-order valence-electron chi connectivity index (χ1n) is 7.49. The minimum Gasteiger partial charge on any atom is -0.368 e. The predicted molar refractivity (Wildman–Crippen MR) is 77.9 cm³/mol. The van der Waals surface area contributed by atoms with Gasteiger partial charge in [-0.3, -0.25) is 14.2 Å². The molecular formula is C14H21N5O2. The van der Waals surface area contributed by atoms with Crippen molar-refractivity contribution in [3.8, 4) is 0 Å². The fourth-order valence-corrected chi connectivity index (χ4v) is 2.81. The lowest BCUT2D eigenvalue weighted by Gasteiger charge is -2.10. The largest absolute Gasteiger partial charge is 0.368 e. The van der Waals surface area contributed by atoms with Crippen LogP contribution in [0.2, 0.25) is 0 Å². The highest BCUT2D eigenvalue weighted by molar-refractivity contribution is 5.81. The SMILES string of the molecule is CCn1nc(C)c2c1cnn2CCNC(=O)[C@@H]1CCCO1. The predicted octanol–water partition coefficient (Wildman–Crippen LogP) is 0.856. The molecule has 2 aromatic rings. The van der Waals surface area contributed by atoms with E-state index in [1.165, 1.54) is 0 Å². The summed E-state index contributed by atoms with van der Waals surface area (Å²) in [6.07, 6.45) is 3.35. The van der Waals surface area contributed by atoms with Crippen LogP contribution >= 0.6 is 0 Å². The van der Waals surface area contributed by atoms with Crippen molar-refractivity contribution < 1.29 is 9.53 Å². The number of fused-ring (bicyclic) bond motifs is 1. The third-order valence-electron chi connectivity index (χ3n) is 3.86. The third-order valence-corrected chi connectivity index (χ3v) is 3.86. The highest BCUT2D eigenvalue weighted by Crippen LogP contribution is 2.17. The first-order chi connectivity index (χ1) is 10.2. The van der Waals surface area contributed by atoms with Crippen molar-refractivity contribution >= 4 is 16.9 Å². The van der Waals surface area contributed by atoms with Gasteiger partial charge in [-0.15, -0.1) is 0 Å². The Morgan fingerprint density at radius 1 is 1.52 bits per heavy atom. The highest BCUT2D eigenvalue weighted by Gasteiger charge is 2.23. The van der Waals surface area contributed by atoms with E-state index in [9.17, 15) is 4.79 Å². The lowest BCUT2D eigenvalue weighted by molar-refractivity contribution is -0.130. The van der Waals surface area contributed by atoms with Gasteiger partial charge in [-0.25, -0.2) is 0 Å². The summed E-state index contributed by atoms with van der Waals surface area (Å²) in [6.45, 7) is 6.74. The lowest BCUT2D eigenvalue weighted by atomic mass is 10.2. The fraction of sp³-hybridized carbons (Fsp3) is 0.643. The smallest absolute Gasteiger partial charge is 0.249 e. The van der Waals surface area contributed by atoms with Crippen molar-refractivity contribution in [1.29, 1.82) is 0 Å². The zero-order chi connectivity index (χ0) is 14.8. The second-order valence-electron chi connectivity index (χ2n) is 5.30. The van der Waals surface area contributed by atoms with E-state index >= 15 is 0 Å². The van der Waals surface area contributed by atoms with Crippen LogP contribution in [0.3, 0.4) is 0 Å². The number of ether oxygens (including phenoxy) is 1. The second kappa shape index (κ2) is 5.85. The average molecular weight is 291 g/mol. The zero-order valence-corrected chi connectivity index (χ0v) is 12.5. The molecule has 1 fully saturated rings. The van der Waals surface area contributed by atoms with Crippen LogP contribution in [0.15, 0.2) is 6.20 Å². The molecule has 0 radical (unpaired) electrons. The maximum atomic E-state index is 11.9.